The number of anilines is 1. The van der Waals surface area contributed by atoms with E-state index in [-0.39, 0.29) is 11.6 Å². The third-order valence-electron chi connectivity index (χ3n) is 4.43. The second kappa shape index (κ2) is 5.77. The van der Waals surface area contributed by atoms with Gasteiger partial charge in [0, 0.05) is 6.04 Å². The predicted molar refractivity (Wildman–Crippen MR) is 98.4 cm³/mol. The maximum Gasteiger partial charge on any atom is 0.272 e. The molecule has 0 bridgehead atoms. The first-order valence-corrected chi connectivity index (χ1v) is 10.0. The summed E-state index contributed by atoms with van der Waals surface area (Å²) in [5.74, 6) is 0. The molecule has 4 rings (SSSR count). The predicted octanol–water partition coefficient (Wildman–Crippen LogP) is 2.31. The van der Waals surface area contributed by atoms with Crippen molar-refractivity contribution in [3.05, 3.63) is 64.4 Å². The average molecular weight is 357 g/mol. The lowest BCUT2D eigenvalue weighted by Gasteiger charge is -2.22. The maximum absolute atomic E-state index is 12.4. The lowest BCUT2D eigenvalue weighted by molar-refractivity contribution is 0.596. The SMILES string of the molecule is CS(=O)(=O)N(c1ccc2c(c1)c(=O)[nH]n2Cc1ccccc1)C1CC1. The Morgan fingerprint density at radius 2 is 1.88 bits per heavy atom. The number of H-pyrrole nitrogens is 1. The number of nitrogens with one attached hydrogen (secondary N) is 1. The van der Waals surface area contributed by atoms with Gasteiger partial charge in [0.25, 0.3) is 5.56 Å². The first-order chi connectivity index (χ1) is 11.9. The summed E-state index contributed by atoms with van der Waals surface area (Å²) in [6, 6.07) is 15.1. The fourth-order valence-corrected chi connectivity index (χ4v) is 4.44. The molecule has 1 N–H and O–H groups in total. The first-order valence-electron chi connectivity index (χ1n) is 8.19. The molecule has 1 aromatic heterocycles. The summed E-state index contributed by atoms with van der Waals surface area (Å²) >= 11 is 0. The summed E-state index contributed by atoms with van der Waals surface area (Å²) < 4.78 is 27.5. The van der Waals surface area contributed by atoms with E-state index in [9.17, 15) is 13.2 Å². The molecule has 1 aliphatic carbocycles. The molecule has 130 valence electrons. The van der Waals surface area contributed by atoms with E-state index >= 15 is 0 Å². The minimum atomic E-state index is -3.36. The summed E-state index contributed by atoms with van der Waals surface area (Å²) in [6.45, 7) is 0.553. The fraction of sp³-hybridized carbons (Fsp3) is 0.278. The van der Waals surface area contributed by atoms with Gasteiger partial charge in [-0.05, 0) is 36.6 Å². The van der Waals surface area contributed by atoms with Crippen molar-refractivity contribution < 1.29 is 8.42 Å². The minimum Gasteiger partial charge on any atom is -0.280 e. The van der Waals surface area contributed by atoms with Gasteiger partial charge < -0.3 is 0 Å². The lowest BCUT2D eigenvalue weighted by Crippen LogP contribution is -2.31. The molecule has 0 saturated heterocycles. The van der Waals surface area contributed by atoms with Gasteiger partial charge in [-0.1, -0.05) is 30.3 Å². The van der Waals surface area contributed by atoms with E-state index in [2.05, 4.69) is 5.10 Å². The Hall–Kier alpha value is -2.54. The molecule has 0 aliphatic heterocycles. The van der Waals surface area contributed by atoms with Crippen LogP contribution in [0, 0.1) is 0 Å². The minimum absolute atomic E-state index is 0.0120. The van der Waals surface area contributed by atoms with Gasteiger partial charge in [0.1, 0.15) is 0 Å². The van der Waals surface area contributed by atoms with Crippen molar-refractivity contribution in [2.75, 3.05) is 10.6 Å². The van der Waals surface area contributed by atoms with E-state index in [4.69, 9.17) is 0 Å². The van der Waals surface area contributed by atoms with Crippen molar-refractivity contribution in [3.63, 3.8) is 0 Å². The highest BCUT2D eigenvalue weighted by Crippen LogP contribution is 2.34. The summed E-state index contributed by atoms with van der Waals surface area (Å²) in [5.41, 5.74) is 2.19. The Morgan fingerprint density at radius 3 is 2.52 bits per heavy atom. The topological polar surface area (TPSA) is 75.2 Å². The van der Waals surface area contributed by atoms with E-state index in [1.807, 2.05) is 36.4 Å². The Kier molecular flexibility index (Phi) is 3.68. The van der Waals surface area contributed by atoms with Crippen LogP contribution in [0.2, 0.25) is 0 Å². The number of benzene rings is 2. The highest BCUT2D eigenvalue weighted by atomic mass is 32.2. The Morgan fingerprint density at radius 1 is 1.16 bits per heavy atom. The van der Waals surface area contributed by atoms with E-state index in [0.717, 1.165) is 23.9 Å². The van der Waals surface area contributed by atoms with Gasteiger partial charge in [-0.3, -0.25) is 18.9 Å². The third-order valence-corrected chi connectivity index (χ3v) is 5.65. The number of fused-ring (bicyclic) bond motifs is 1. The van der Waals surface area contributed by atoms with Crippen LogP contribution in [-0.4, -0.2) is 30.5 Å². The monoisotopic (exact) mass is 357 g/mol. The molecule has 0 unspecified atom stereocenters. The van der Waals surface area contributed by atoms with Crippen molar-refractivity contribution in [2.45, 2.75) is 25.4 Å². The molecule has 2 aromatic carbocycles. The molecule has 0 amide bonds. The zero-order chi connectivity index (χ0) is 17.6. The van der Waals surface area contributed by atoms with Crippen LogP contribution >= 0.6 is 0 Å². The third kappa shape index (κ3) is 3.07. The lowest BCUT2D eigenvalue weighted by atomic mass is 10.2. The van der Waals surface area contributed by atoms with Gasteiger partial charge in [0.2, 0.25) is 10.0 Å². The van der Waals surface area contributed by atoms with E-state index in [0.29, 0.717) is 17.6 Å². The number of nitrogens with zero attached hydrogens (tertiary/aromatic N) is 2. The summed E-state index contributed by atoms with van der Waals surface area (Å²) in [5, 5.41) is 3.35. The van der Waals surface area contributed by atoms with Gasteiger partial charge in [-0.2, -0.15) is 0 Å². The highest BCUT2D eigenvalue weighted by molar-refractivity contribution is 7.92. The van der Waals surface area contributed by atoms with Crippen molar-refractivity contribution in [1.29, 1.82) is 0 Å². The molecule has 1 saturated carbocycles. The standard InChI is InChI=1S/C18H19N3O3S/c1-25(23,24)21(14-7-8-14)15-9-10-17-16(11-15)18(22)19-20(17)12-13-5-3-2-4-6-13/h2-6,9-11,14H,7-8,12H2,1H3,(H,19,22). The number of hydrogen-bond acceptors (Lipinski definition) is 3. The van der Waals surface area contributed by atoms with Crippen molar-refractivity contribution in [2.24, 2.45) is 0 Å². The van der Waals surface area contributed by atoms with Crippen LogP contribution in [0.15, 0.2) is 53.3 Å². The highest BCUT2D eigenvalue weighted by Gasteiger charge is 2.35. The van der Waals surface area contributed by atoms with Crippen LogP contribution in [0.25, 0.3) is 10.9 Å². The van der Waals surface area contributed by atoms with E-state index in [1.54, 1.807) is 16.8 Å². The summed E-state index contributed by atoms with van der Waals surface area (Å²) in [6.07, 6.45) is 2.92. The van der Waals surface area contributed by atoms with Crippen LogP contribution in [0.3, 0.4) is 0 Å². The Bertz CT molecular complexity index is 1080. The molecule has 0 atom stereocenters. The van der Waals surface area contributed by atoms with Crippen LogP contribution in [0.1, 0.15) is 18.4 Å². The molecule has 7 heteroatoms. The van der Waals surface area contributed by atoms with Crippen molar-refractivity contribution in [3.8, 4) is 0 Å². The largest absolute Gasteiger partial charge is 0.280 e. The van der Waals surface area contributed by atoms with Gasteiger partial charge in [0.05, 0.1) is 29.4 Å². The molecule has 1 heterocycles. The van der Waals surface area contributed by atoms with Crippen LogP contribution in [0.5, 0.6) is 0 Å². The fourth-order valence-electron chi connectivity index (χ4n) is 3.19. The van der Waals surface area contributed by atoms with Gasteiger partial charge in [0.15, 0.2) is 0 Å². The van der Waals surface area contributed by atoms with E-state index in [1.165, 1.54) is 10.6 Å². The molecule has 1 aliphatic rings. The quantitative estimate of drug-likeness (QED) is 0.761. The van der Waals surface area contributed by atoms with Gasteiger partial charge in [-0.15, -0.1) is 0 Å². The molecular weight excluding hydrogens is 338 g/mol. The summed E-state index contributed by atoms with van der Waals surface area (Å²) in [7, 11) is -3.36. The molecule has 0 spiro atoms. The molecule has 25 heavy (non-hydrogen) atoms. The van der Waals surface area contributed by atoms with Crippen LogP contribution < -0.4 is 9.86 Å². The average Bonchev–Trinajstić information content (AvgIpc) is 3.33. The zero-order valence-electron chi connectivity index (χ0n) is 13.8. The second-order valence-electron chi connectivity index (χ2n) is 6.50. The van der Waals surface area contributed by atoms with E-state index < -0.39 is 10.0 Å². The maximum atomic E-state index is 12.4. The summed E-state index contributed by atoms with van der Waals surface area (Å²) in [4.78, 5) is 12.4. The number of hydrogen-bond donors (Lipinski definition) is 1. The van der Waals surface area contributed by atoms with Crippen molar-refractivity contribution in [1.82, 2.24) is 9.78 Å². The molecule has 0 radical (unpaired) electrons. The van der Waals surface area contributed by atoms with Crippen LogP contribution in [0.4, 0.5) is 5.69 Å². The number of aromatic nitrogens is 2. The first kappa shape index (κ1) is 16.0. The Balaban J connectivity index is 1.77. The van der Waals surface area contributed by atoms with Crippen molar-refractivity contribution >= 4 is 26.6 Å². The molecule has 6 nitrogen and oxygen atoms in total. The number of rotatable bonds is 5. The van der Waals surface area contributed by atoms with Gasteiger partial charge >= 0.3 is 0 Å². The number of sulfonamides is 1. The normalized spacial score (nSPS) is 14.8. The molecule has 3 aromatic rings. The molecule has 1 fully saturated rings. The number of aromatic amines is 1. The van der Waals surface area contributed by atoms with Crippen LogP contribution in [-0.2, 0) is 16.6 Å². The molecular formula is C18H19N3O3S. The van der Waals surface area contributed by atoms with Gasteiger partial charge in [-0.25, -0.2) is 8.42 Å². The second-order valence-corrected chi connectivity index (χ2v) is 8.36. The smallest absolute Gasteiger partial charge is 0.272 e. The Labute approximate surface area is 145 Å². The zero-order valence-corrected chi connectivity index (χ0v) is 14.7.